The summed E-state index contributed by atoms with van der Waals surface area (Å²) >= 11 is 0. The first kappa shape index (κ1) is 25.3. The molecule has 0 aromatic carbocycles. The average molecular weight is 495 g/mol. The summed E-state index contributed by atoms with van der Waals surface area (Å²) in [5, 5.41) is 20.0. The van der Waals surface area contributed by atoms with Crippen LogP contribution in [0.1, 0.15) is 49.3 Å². The van der Waals surface area contributed by atoms with Gasteiger partial charge in [0.05, 0.1) is 12.7 Å². The van der Waals surface area contributed by atoms with E-state index >= 15 is 0 Å². The molecule has 0 radical (unpaired) electrons. The standard InChI is InChI=1S/C22H30N4O9/c1-11-8-25(21(31)23-18(11)29)16-6-13(15(10-27)34-16)4-3-5-33-20-14(28)7-17(35-20)26-9-12(2)19(30)24-22(26)32/h8-9,13-17,20,27-28H,3-7,10H2,1-2H3,(H,23,29,31)(H,24,30,32)/t13-,14-,15+,16+,17+,20-/m0/s1. The van der Waals surface area contributed by atoms with Crippen LogP contribution in [-0.4, -0.2) is 61.0 Å². The number of H-pyrrole nitrogens is 2. The van der Waals surface area contributed by atoms with E-state index in [1.54, 1.807) is 13.8 Å². The number of nitrogens with zero attached hydrogens (tertiary/aromatic N) is 2. The van der Waals surface area contributed by atoms with Gasteiger partial charge in [0.2, 0.25) is 0 Å². The third-order valence-corrected chi connectivity index (χ3v) is 6.50. The molecule has 4 heterocycles. The smallest absolute Gasteiger partial charge is 0.330 e. The topological polar surface area (TPSA) is 178 Å². The van der Waals surface area contributed by atoms with Gasteiger partial charge in [0.15, 0.2) is 6.29 Å². The van der Waals surface area contributed by atoms with Crippen molar-refractivity contribution in [1.82, 2.24) is 19.1 Å². The van der Waals surface area contributed by atoms with Crippen LogP contribution in [0.25, 0.3) is 0 Å². The van der Waals surface area contributed by atoms with Gasteiger partial charge in [-0.25, -0.2) is 9.59 Å². The van der Waals surface area contributed by atoms with E-state index in [0.29, 0.717) is 30.4 Å². The summed E-state index contributed by atoms with van der Waals surface area (Å²) in [6.45, 7) is 3.21. The van der Waals surface area contributed by atoms with Gasteiger partial charge in [-0.05, 0) is 39.0 Å². The van der Waals surface area contributed by atoms with Crippen molar-refractivity contribution in [3.8, 4) is 0 Å². The molecule has 0 unspecified atom stereocenters. The predicted octanol–water partition coefficient (Wildman–Crippen LogP) is -0.998. The molecule has 2 fully saturated rings. The Morgan fingerprint density at radius 2 is 1.54 bits per heavy atom. The first-order valence-electron chi connectivity index (χ1n) is 11.5. The second kappa shape index (κ2) is 10.4. The SMILES string of the molecule is Cc1cn([C@H]2C[C@H](O)[C@@H](OCCC[C@H]3C[C@H](n4cc(C)c(=O)[nH]c4=O)O[C@@H]3CO)O2)c(=O)[nH]c1=O. The average Bonchev–Trinajstić information content (AvgIpc) is 3.39. The normalized spacial score (nSPS) is 28.6. The van der Waals surface area contributed by atoms with Gasteiger partial charge >= 0.3 is 11.4 Å². The summed E-state index contributed by atoms with van der Waals surface area (Å²) < 4.78 is 19.8. The van der Waals surface area contributed by atoms with Crippen molar-refractivity contribution in [3.63, 3.8) is 0 Å². The van der Waals surface area contributed by atoms with Gasteiger partial charge in [0.25, 0.3) is 11.1 Å². The Balaban J connectivity index is 1.30. The molecule has 35 heavy (non-hydrogen) atoms. The first-order chi connectivity index (χ1) is 16.7. The number of aryl methyl sites for hydroxylation is 2. The quantitative estimate of drug-likeness (QED) is 0.335. The van der Waals surface area contributed by atoms with Crippen LogP contribution < -0.4 is 22.5 Å². The number of aliphatic hydroxyl groups excluding tert-OH is 2. The maximum atomic E-state index is 12.2. The summed E-state index contributed by atoms with van der Waals surface area (Å²) in [7, 11) is 0. The summed E-state index contributed by atoms with van der Waals surface area (Å²) in [4.78, 5) is 51.9. The number of rotatable bonds is 8. The van der Waals surface area contributed by atoms with E-state index in [1.807, 2.05) is 0 Å². The first-order valence-corrected chi connectivity index (χ1v) is 11.5. The molecule has 2 aromatic heterocycles. The largest absolute Gasteiger partial charge is 0.394 e. The van der Waals surface area contributed by atoms with Crippen molar-refractivity contribution >= 4 is 0 Å². The van der Waals surface area contributed by atoms with Crippen molar-refractivity contribution in [3.05, 3.63) is 65.2 Å². The zero-order valence-corrected chi connectivity index (χ0v) is 19.5. The summed E-state index contributed by atoms with van der Waals surface area (Å²) in [6.07, 6.45) is 0.965. The molecule has 4 N–H and O–H groups in total. The van der Waals surface area contributed by atoms with Gasteiger partial charge in [0, 0.05) is 36.5 Å². The van der Waals surface area contributed by atoms with Crippen LogP contribution in [0.3, 0.4) is 0 Å². The number of nitrogens with one attached hydrogen (secondary N) is 2. The molecule has 0 amide bonds. The van der Waals surface area contributed by atoms with Crippen LogP contribution in [0, 0.1) is 19.8 Å². The fraction of sp³-hybridized carbons (Fsp3) is 0.636. The van der Waals surface area contributed by atoms with E-state index in [0.717, 1.165) is 0 Å². The molecule has 0 bridgehead atoms. The highest BCUT2D eigenvalue weighted by molar-refractivity contribution is 5.03. The van der Waals surface area contributed by atoms with E-state index in [4.69, 9.17) is 14.2 Å². The Bertz CT molecular complexity index is 1280. The minimum atomic E-state index is -0.945. The molecule has 2 saturated heterocycles. The van der Waals surface area contributed by atoms with Crippen molar-refractivity contribution in [1.29, 1.82) is 0 Å². The van der Waals surface area contributed by atoms with E-state index in [-0.39, 0.29) is 25.6 Å². The van der Waals surface area contributed by atoms with E-state index < -0.39 is 53.5 Å². The number of ether oxygens (including phenoxy) is 3. The van der Waals surface area contributed by atoms with Crippen molar-refractivity contribution in [2.24, 2.45) is 5.92 Å². The molecule has 13 nitrogen and oxygen atoms in total. The van der Waals surface area contributed by atoms with Crippen LogP contribution in [-0.2, 0) is 14.2 Å². The van der Waals surface area contributed by atoms with Crippen LogP contribution in [0.5, 0.6) is 0 Å². The van der Waals surface area contributed by atoms with Crippen molar-refractivity contribution < 1.29 is 24.4 Å². The second-order valence-electron chi connectivity index (χ2n) is 9.04. The fourth-order valence-corrected chi connectivity index (χ4v) is 4.55. The molecular weight excluding hydrogens is 464 g/mol. The van der Waals surface area contributed by atoms with Crippen molar-refractivity contribution in [2.75, 3.05) is 13.2 Å². The Morgan fingerprint density at radius 3 is 2.11 bits per heavy atom. The molecule has 0 saturated carbocycles. The lowest BCUT2D eigenvalue weighted by Crippen LogP contribution is -2.33. The van der Waals surface area contributed by atoms with Crippen LogP contribution in [0.4, 0.5) is 0 Å². The van der Waals surface area contributed by atoms with Gasteiger partial charge in [-0.1, -0.05) is 0 Å². The fourth-order valence-electron chi connectivity index (χ4n) is 4.55. The monoisotopic (exact) mass is 494 g/mol. The van der Waals surface area contributed by atoms with Crippen LogP contribution in [0.2, 0.25) is 0 Å². The number of hydrogen-bond donors (Lipinski definition) is 4. The highest BCUT2D eigenvalue weighted by atomic mass is 16.7. The third-order valence-electron chi connectivity index (χ3n) is 6.50. The molecule has 6 atom stereocenters. The summed E-state index contributed by atoms with van der Waals surface area (Å²) in [5.41, 5.74) is -1.38. The number of aromatic nitrogens is 4. The van der Waals surface area contributed by atoms with Crippen LogP contribution >= 0.6 is 0 Å². The molecule has 2 aliphatic rings. The molecule has 4 rings (SSSR count). The molecule has 0 aliphatic carbocycles. The summed E-state index contributed by atoms with van der Waals surface area (Å²) in [6, 6.07) is 0. The Hall–Kier alpha value is -2.84. The number of hydrogen-bond acceptors (Lipinski definition) is 9. The molecule has 2 aromatic rings. The predicted molar refractivity (Wildman–Crippen MR) is 121 cm³/mol. The maximum absolute atomic E-state index is 12.2. The van der Waals surface area contributed by atoms with E-state index in [2.05, 4.69) is 9.97 Å². The van der Waals surface area contributed by atoms with Gasteiger partial charge in [-0.3, -0.25) is 28.7 Å². The van der Waals surface area contributed by atoms with Gasteiger partial charge in [-0.15, -0.1) is 0 Å². The van der Waals surface area contributed by atoms with Gasteiger partial charge in [0.1, 0.15) is 18.6 Å². The van der Waals surface area contributed by atoms with Gasteiger partial charge < -0.3 is 24.4 Å². The van der Waals surface area contributed by atoms with Crippen molar-refractivity contribution in [2.45, 2.75) is 70.5 Å². The molecular formula is C22H30N4O9. The third kappa shape index (κ3) is 5.38. The zero-order valence-electron chi connectivity index (χ0n) is 19.5. The molecule has 192 valence electrons. The molecule has 0 spiro atoms. The Morgan fingerprint density at radius 1 is 0.971 bits per heavy atom. The van der Waals surface area contributed by atoms with E-state index in [1.165, 1.54) is 21.5 Å². The maximum Gasteiger partial charge on any atom is 0.330 e. The Kier molecular flexibility index (Phi) is 7.52. The molecule has 2 aliphatic heterocycles. The van der Waals surface area contributed by atoms with Gasteiger partial charge in [-0.2, -0.15) is 0 Å². The summed E-state index contributed by atoms with van der Waals surface area (Å²) in [5.74, 6) is -0.0439. The zero-order chi connectivity index (χ0) is 25.3. The highest BCUT2D eigenvalue weighted by Crippen LogP contribution is 2.35. The molecule has 13 heteroatoms. The minimum Gasteiger partial charge on any atom is -0.394 e. The van der Waals surface area contributed by atoms with E-state index in [9.17, 15) is 29.4 Å². The minimum absolute atomic E-state index is 0.0439. The highest BCUT2D eigenvalue weighted by Gasteiger charge is 2.38. The van der Waals surface area contributed by atoms with Crippen LogP contribution in [0.15, 0.2) is 31.6 Å². The number of aliphatic hydroxyl groups is 2. The lowest BCUT2D eigenvalue weighted by Gasteiger charge is -2.18. The lowest BCUT2D eigenvalue weighted by molar-refractivity contribution is -0.177. The Labute approximate surface area is 198 Å². The lowest BCUT2D eigenvalue weighted by atomic mass is 9.95. The number of aromatic amines is 2. The second-order valence-corrected chi connectivity index (χ2v) is 9.04.